The lowest BCUT2D eigenvalue weighted by Crippen LogP contribution is -2.60. The fourth-order valence-electron chi connectivity index (χ4n) is 7.71. The van der Waals surface area contributed by atoms with Crippen molar-refractivity contribution in [2.75, 3.05) is 59.4 Å². The van der Waals surface area contributed by atoms with Crippen molar-refractivity contribution < 1.29 is 19.5 Å². The number of carbonyl (C=O) groups excluding carboxylic acids is 2. The minimum atomic E-state index is -1.07. The Balaban J connectivity index is 0.000000458. The summed E-state index contributed by atoms with van der Waals surface area (Å²) in [6.07, 6.45) is 1.49. The van der Waals surface area contributed by atoms with E-state index in [1.807, 2.05) is 49.5 Å². The second-order valence-corrected chi connectivity index (χ2v) is 15.0. The van der Waals surface area contributed by atoms with Gasteiger partial charge in [-0.05, 0) is 74.8 Å². The van der Waals surface area contributed by atoms with Crippen molar-refractivity contribution in [3.05, 3.63) is 104 Å². The Morgan fingerprint density at radius 3 is 2.00 bits per heavy atom. The summed E-state index contributed by atoms with van der Waals surface area (Å²) in [5, 5.41) is 12.2. The lowest BCUT2D eigenvalue weighted by Gasteiger charge is -2.52. The first-order chi connectivity index (χ1) is 23.8. The Hall–Kier alpha value is -2.76. The van der Waals surface area contributed by atoms with Crippen LogP contribution in [0.4, 0.5) is 4.79 Å². The van der Waals surface area contributed by atoms with E-state index in [1.54, 1.807) is 34.1 Å². The molecule has 3 atom stereocenters. The molecule has 3 saturated heterocycles. The number of nitrogens with zero attached hydrogens (tertiary/aromatic N) is 4. The van der Waals surface area contributed by atoms with Crippen LogP contribution in [0.25, 0.3) is 0 Å². The van der Waals surface area contributed by atoms with Crippen LogP contribution < -0.4 is 5.73 Å². The van der Waals surface area contributed by atoms with Crippen molar-refractivity contribution >= 4 is 76.7 Å². The number of carbonyl (C=O) groups is 3. The molecule has 3 aliphatic heterocycles. The van der Waals surface area contributed by atoms with Crippen molar-refractivity contribution in [2.45, 2.75) is 43.1 Å². The second-order valence-electron chi connectivity index (χ2n) is 13.3. The van der Waals surface area contributed by atoms with Crippen molar-refractivity contribution in [3.63, 3.8) is 0 Å². The fourth-order valence-corrected chi connectivity index (χ4v) is 8.57. The molecule has 0 saturated carbocycles. The van der Waals surface area contributed by atoms with E-state index in [4.69, 9.17) is 52.1 Å². The molecule has 3 amide bonds. The standard InChI is InChI=1S/C31H30Cl4N2O3.C6H13N3O.ClH/c1-2-36-15-13-30(29(39)40,20-7-4-3-5-8-20)18-26(36)31(21-11-12-22(32)25(35)17-21)14-16-37(19-31)28(38)27-23(33)9-6-10-24(27)34;1-8-2-4-9(5-3-8)6(7)10;/h3-12,17,26H,2,13-16,18-19H2,1H3,(H,39,40);2-5H2,1H3,(H2,7,10);1H. The molecule has 3 aromatic rings. The zero-order chi connectivity index (χ0) is 36.2. The number of carboxylic acid groups (broad SMARTS) is 1. The van der Waals surface area contributed by atoms with Crippen LogP contribution in [0.3, 0.4) is 0 Å². The fraction of sp³-hybridized carbons (Fsp3) is 0.432. The summed E-state index contributed by atoms with van der Waals surface area (Å²) < 4.78 is 0. The first kappa shape index (κ1) is 41.0. The Labute approximate surface area is 325 Å². The topological polar surface area (TPSA) is 110 Å². The number of nitrogens with two attached hydrogens (primary N) is 1. The number of halogens is 5. The quantitative estimate of drug-likeness (QED) is 0.271. The van der Waals surface area contributed by atoms with Gasteiger partial charge in [-0.3, -0.25) is 14.5 Å². The van der Waals surface area contributed by atoms with Crippen LogP contribution in [0.15, 0.2) is 66.7 Å². The number of primary amides is 1. The molecule has 276 valence electrons. The van der Waals surface area contributed by atoms with Crippen molar-refractivity contribution in [3.8, 4) is 0 Å². The number of hydrogen-bond donors (Lipinski definition) is 2. The summed E-state index contributed by atoms with van der Waals surface area (Å²) in [6.45, 7) is 7.66. The minimum absolute atomic E-state index is 0. The number of amides is 3. The number of piperazine rings is 1. The van der Waals surface area contributed by atoms with Gasteiger partial charge in [-0.25, -0.2) is 4.79 Å². The largest absolute Gasteiger partial charge is 0.481 e. The van der Waals surface area contributed by atoms with Gasteiger partial charge in [-0.1, -0.05) is 95.8 Å². The van der Waals surface area contributed by atoms with Gasteiger partial charge in [0.15, 0.2) is 0 Å². The van der Waals surface area contributed by atoms with E-state index in [9.17, 15) is 19.5 Å². The molecule has 3 heterocycles. The van der Waals surface area contributed by atoms with Crippen LogP contribution in [0, 0.1) is 0 Å². The van der Waals surface area contributed by atoms with E-state index >= 15 is 0 Å². The van der Waals surface area contributed by atoms with E-state index < -0.39 is 16.8 Å². The molecule has 14 heteroatoms. The zero-order valence-corrected chi connectivity index (χ0v) is 32.5. The van der Waals surface area contributed by atoms with E-state index in [2.05, 4.69) is 16.7 Å². The molecule has 3 unspecified atom stereocenters. The molecule has 3 N–H and O–H groups in total. The number of hydrogen-bond acceptors (Lipinski definition) is 5. The monoisotopic (exact) mass is 797 g/mol. The van der Waals surface area contributed by atoms with Crippen LogP contribution in [-0.4, -0.2) is 108 Å². The predicted octanol–water partition coefficient (Wildman–Crippen LogP) is 7.33. The highest BCUT2D eigenvalue weighted by Crippen LogP contribution is 2.50. The number of aliphatic carboxylic acids is 1. The SMILES string of the molecule is CCN1CCC(C(=O)O)(c2ccccc2)CC1C1(c2ccc(Cl)c(Cl)c2)CCN(C(=O)c2c(Cl)cccc2Cl)C1.CN1CCN(C(N)=O)CC1.Cl. The number of carboxylic acids is 1. The first-order valence-corrected chi connectivity index (χ1v) is 18.3. The van der Waals surface area contributed by atoms with Gasteiger partial charge in [-0.15, -0.1) is 12.4 Å². The minimum Gasteiger partial charge on any atom is -0.481 e. The van der Waals surface area contributed by atoms with E-state index in [0.29, 0.717) is 59.0 Å². The maximum Gasteiger partial charge on any atom is 0.314 e. The zero-order valence-electron chi connectivity index (χ0n) is 28.7. The number of likely N-dealkylation sites (N-methyl/N-ethyl adjacent to an activating group) is 2. The van der Waals surface area contributed by atoms with Crippen LogP contribution in [0.1, 0.15) is 47.7 Å². The third-order valence-electron chi connectivity index (χ3n) is 10.7. The highest BCUT2D eigenvalue weighted by molar-refractivity contribution is 6.42. The van der Waals surface area contributed by atoms with Gasteiger partial charge in [0.05, 0.1) is 31.1 Å². The number of likely N-dealkylation sites (tertiary alicyclic amines) is 2. The van der Waals surface area contributed by atoms with Gasteiger partial charge in [0.1, 0.15) is 0 Å². The maximum absolute atomic E-state index is 13.8. The van der Waals surface area contributed by atoms with Crippen LogP contribution in [0.2, 0.25) is 20.1 Å². The Morgan fingerprint density at radius 1 is 0.784 bits per heavy atom. The molecule has 0 spiro atoms. The molecular weight excluding hydrogens is 756 g/mol. The summed E-state index contributed by atoms with van der Waals surface area (Å²) in [7, 11) is 2.04. The Kier molecular flexibility index (Phi) is 14.0. The average Bonchev–Trinajstić information content (AvgIpc) is 3.56. The molecule has 6 rings (SSSR count). The maximum atomic E-state index is 13.8. The molecule has 0 aromatic heterocycles. The summed E-state index contributed by atoms with van der Waals surface area (Å²) in [5.74, 6) is -1.08. The third kappa shape index (κ3) is 8.57. The third-order valence-corrected chi connectivity index (χ3v) is 12.0. The van der Waals surface area contributed by atoms with Gasteiger partial charge in [0.25, 0.3) is 5.91 Å². The molecule has 0 aliphatic carbocycles. The summed E-state index contributed by atoms with van der Waals surface area (Å²) in [4.78, 5) is 45.4. The van der Waals surface area contributed by atoms with Crippen LogP contribution >= 0.6 is 58.8 Å². The summed E-state index contributed by atoms with van der Waals surface area (Å²) >= 11 is 25.7. The normalized spacial score (nSPS) is 23.9. The lowest BCUT2D eigenvalue weighted by atomic mass is 9.62. The van der Waals surface area contributed by atoms with Gasteiger partial charge >= 0.3 is 12.0 Å². The van der Waals surface area contributed by atoms with Gasteiger partial charge in [-0.2, -0.15) is 0 Å². The summed E-state index contributed by atoms with van der Waals surface area (Å²) in [5.41, 5.74) is 5.41. The smallest absolute Gasteiger partial charge is 0.314 e. The van der Waals surface area contributed by atoms with Gasteiger partial charge in [0, 0.05) is 50.7 Å². The van der Waals surface area contributed by atoms with E-state index in [1.165, 1.54) is 0 Å². The van der Waals surface area contributed by atoms with E-state index in [-0.39, 0.29) is 36.0 Å². The molecule has 51 heavy (non-hydrogen) atoms. The molecular formula is C37H44Cl5N5O4. The molecule has 0 bridgehead atoms. The highest BCUT2D eigenvalue weighted by Gasteiger charge is 2.56. The Bertz CT molecular complexity index is 1690. The summed E-state index contributed by atoms with van der Waals surface area (Å²) in [6, 6.07) is 19.6. The number of benzene rings is 3. The molecule has 9 nitrogen and oxygen atoms in total. The van der Waals surface area contributed by atoms with Crippen molar-refractivity contribution in [2.24, 2.45) is 5.73 Å². The van der Waals surface area contributed by atoms with Crippen LogP contribution in [0.5, 0.6) is 0 Å². The number of urea groups is 1. The van der Waals surface area contributed by atoms with E-state index in [0.717, 1.165) is 43.9 Å². The van der Waals surface area contributed by atoms with Gasteiger partial charge in [0.2, 0.25) is 0 Å². The molecule has 3 aliphatic rings. The molecule has 3 aromatic carbocycles. The molecule has 3 fully saturated rings. The number of piperidine rings is 1. The second kappa shape index (κ2) is 17.4. The van der Waals surface area contributed by atoms with Crippen molar-refractivity contribution in [1.29, 1.82) is 0 Å². The lowest BCUT2D eigenvalue weighted by molar-refractivity contribution is -0.147. The van der Waals surface area contributed by atoms with Crippen LogP contribution in [-0.2, 0) is 15.6 Å². The van der Waals surface area contributed by atoms with Crippen molar-refractivity contribution in [1.82, 2.24) is 19.6 Å². The average molecular weight is 800 g/mol. The predicted molar refractivity (Wildman–Crippen MR) is 207 cm³/mol. The highest BCUT2D eigenvalue weighted by atomic mass is 35.5. The number of rotatable bonds is 6. The Morgan fingerprint density at radius 2 is 1.43 bits per heavy atom. The molecule has 0 radical (unpaired) electrons. The van der Waals surface area contributed by atoms with Gasteiger partial charge < -0.3 is 25.5 Å². The first-order valence-electron chi connectivity index (χ1n) is 16.8.